The number of hydrogen-bond donors (Lipinski definition) is 2. The number of likely N-dealkylation sites (N-methyl/N-ethyl adjacent to an activating group) is 1. The second kappa shape index (κ2) is 6.78. The van der Waals surface area contributed by atoms with Gasteiger partial charge in [0.05, 0.1) is 11.0 Å². The third-order valence-corrected chi connectivity index (χ3v) is 6.76. The first-order valence-electron chi connectivity index (χ1n) is 10.7. The number of rotatable bonds is 3. The molecular weight excluding hydrogens is 376 g/mol. The summed E-state index contributed by atoms with van der Waals surface area (Å²) in [6.45, 7) is 4.65. The van der Waals surface area contributed by atoms with Gasteiger partial charge in [-0.15, -0.1) is 0 Å². The zero-order valence-corrected chi connectivity index (χ0v) is 17.1. The van der Waals surface area contributed by atoms with Gasteiger partial charge in [-0.25, -0.2) is 15.0 Å². The van der Waals surface area contributed by atoms with Crippen LogP contribution in [-0.4, -0.2) is 73.4 Å². The van der Waals surface area contributed by atoms with Gasteiger partial charge >= 0.3 is 0 Å². The normalized spacial score (nSPS) is 23.2. The van der Waals surface area contributed by atoms with Crippen molar-refractivity contribution in [3.63, 3.8) is 0 Å². The van der Waals surface area contributed by atoms with Gasteiger partial charge in [0.2, 0.25) is 0 Å². The second-order valence-corrected chi connectivity index (χ2v) is 8.61. The molecule has 30 heavy (non-hydrogen) atoms. The van der Waals surface area contributed by atoms with E-state index in [1.165, 1.54) is 0 Å². The summed E-state index contributed by atoms with van der Waals surface area (Å²) < 4.78 is 2.12. The summed E-state index contributed by atoms with van der Waals surface area (Å²) >= 11 is 0. The molecule has 0 radical (unpaired) electrons. The zero-order valence-electron chi connectivity index (χ0n) is 17.1. The Morgan fingerprint density at radius 1 is 1.07 bits per heavy atom. The summed E-state index contributed by atoms with van der Waals surface area (Å²) in [5.41, 5.74) is 9.85. The number of imidazole rings is 2. The molecule has 0 amide bonds. The van der Waals surface area contributed by atoms with Crippen molar-refractivity contribution in [3.05, 3.63) is 42.5 Å². The minimum absolute atomic E-state index is 0.432. The Morgan fingerprint density at radius 2 is 1.87 bits per heavy atom. The van der Waals surface area contributed by atoms with Gasteiger partial charge in [-0.1, -0.05) is 12.1 Å². The number of nitrogens with two attached hydrogens (primary N) is 1. The highest BCUT2D eigenvalue weighted by Crippen LogP contribution is 2.41. The van der Waals surface area contributed by atoms with Gasteiger partial charge in [0.25, 0.3) is 0 Å². The van der Waals surface area contributed by atoms with Crippen LogP contribution in [-0.2, 0) is 0 Å². The predicted molar refractivity (Wildman–Crippen MR) is 117 cm³/mol. The van der Waals surface area contributed by atoms with E-state index in [1.807, 2.05) is 30.5 Å². The molecule has 0 atom stereocenters. The SMILES string of the molecule is CN1CCN(C2CC(c3nc(-c4nc5ccccc5[nH]4)c4c(N)nccn34)C2)CC1. The third-order valence-electron chi connectivity index (χ3n) is 6.76. The Kier molecular flexibility index (Phi) is 4.04. The number of H-pyrrole nitrogens is 1. The van der Waals surface area contributed by atoms with Gasteiger partial charge < -0.3 is 15.6 Å². The quantitative estimate of drug-likeness (QED) is 0.547. The Labute approximate surface area is 174 Å². The highest BCUT2D eigenvalue weighted by Gasteiger charge is 2.38. The van der Waals surface area contributed by atoms with E-state index in [2.05, 4.69) is 31.2 Å². The lowest BCUT2D eigenvalue weighted by molar-refractivity contribution is 0.0586. The van der Waals surface area contributed by atoms with Gasteiger partial charge in [0.1, 0.15) is 22.9 Å². The smallest absolute Gasteiger partial charge is 0.159 e. The lowest BCUT2D eigenvalue weighted by Crippen LogP contribution is -2.52. The fourth-order valence-corrected chi connectivity index (χ4v) is 4.89. The van der Waals surface area contributed by atoms with Crippen LogP contribution in [0.15, 0.2) is 36.7 Å². The van der Waals surface area contributed by atoms with Gasteiger partial charge in [0, 0.05) is 50.5 Å². The Bertz CT molecular complexity index is 1180. The van der Waals surface area contributed by atoms with Crippen molar-refractivity contribution in [3.8, 4) is 11.5 Å². The Balaban J connectivity index is 1.35. The molecule has 0 spiro atoms. The largest absolute Gasteiger partial charge is 0.382 e. The summed E-state index contributed by atoms with van der Waals surface area (Å²) in [5.74, 6) is 2.73. The van der Waals surface area contributed by atoms with Crippen molar-refractivity contribution in [1.82, 2.24) is 34.1 Å². The Hall–Kier alpha value is -2.97. The molecule has 1 aliphatic carbocycles. The molecule has 0 bridgehead atoms. The third kappa shape index (κ3) is 2.79. The molecule has 3 aromatic heterocycles. The fraction of sp³-hybridized carbons (Fsp3) is 0.409. The van der Waals surface area contributed by atoms with Gasteiger partial charge in [0.15, 0.2) is 5.82 Å². The molecule has 4 heterocycles. The van der Waals surface area contributed by atoms with Gasteiger partial charge in [-0.05, 0) is 32.0 Å². The molecule has 8 nitrogen and oxygen atoms in total. The lowest BCUT2D eigenvalue weighted by atomic mass is 9.78. The van der Waals surface area contributed by atoms with Crippen LogP contribution >= 0.6 is 0 Å². The number of nitrogens with one attached hydrogen (secondary N) is 1. The average molecular weight is 403 g/mol. The summed E-state index contributed by atoms with van der Waals surface area (Å²) in [7, 11) is 2.20. The molecule has 2 fully saturated rings. The maximum absolute atomic E-state index is 6.29. The number of piperazine rings is 1. The highest BCUT2D eigenvalue weighted by molar-refractivity contribution is 5.87. The first-order chi connectivity index (χ1) is 14.7. The number of anilines is 1. The van der Waals surface area contributed by atoms with E-state index in [1.54, 1.807) is 6.20 Å². The van der Waals surface area contributed by atoms with Crippen LogP contribution in [0.25, 0.3) is 28.1 Å². The lowest BCUT2D eigenvalue weighted by Gasteiger charge is -2.45. The minimum atomic E-state index is 0.432. The van der Waals surface area contributed by atoms with E-state index in [0.717, 1.165) is 72.9 Å². The van der Waals surface area contributed by atoms with Crippen LogP contribution in [0.5, 0.6) is 0 Å². The summed E-state index contributed by atoms with van der Waals surface area (Å²) in [6.07, 6.45) is 6.02. The van der Waals surface area contributed by atoms with E-state index in [9.17, 15) is 0 Å². The molecule has 154 valence electrons. The minimum Gasteiger partial charge on any atom is -0.382 e. The van der Waals surface area contributed by atoms with Crippen LogP contribution in [0.1, 0.15) is 24.6 Å². The number of benzene rings is 1. The molecule has 2 aliphatic rings. The van der Waals surface area contributed by atoms with Crippen molar-refractivity contribution in [2.24, 2.45) is 0 Å². The van der Waals surface area contributed by atoms with Crippen molar-refractivity contribution in [2.45, 2.75) is 24.8 Å². The summed E-state index contributed by atoms with van der Waals surface area (Å²) in [6, 6.07) is 8.68. The van der Waals surface area contributed by atoms with Crippen molar-refractivity contribution < 1.29 is 0 Å². The number of aromatic nitrogens is 5. The highest BCUT2D eigenvalue weighted by atomic mass is 15.3. The Morgan fingerprint density at radius 3 is 2.67 bits per heavy atom. The van der Waals surface area contributed by atoms with Crippen LogP contribution in [0.4, 0.5) is 5.82 Å². The monoisotopic (exact) mass is 402 g/mol. The number of hydrogen-bond acceptors (Lipinski definition) is 6. The van der Waals surface area contributed by atoms with E-state index in [-0.39, 0.29) is 0 Å². The molecule has 0 unspecified atom stereocenters. The summed E-state index contributed by atoms with van der Waals surface area (Å²) in [5, 5.41) is 0. The fourth-order valence-electron chi connectivity index (χ4n) is 4.89. The summed E-state index contributed by atoms with van der Waals surface area (Å²) in [4.78, 5) is 22.6. The maximum Gasteiger partial charge on any atom is 0.159 e. The predicted octanol–water partition coefficient (Wildman–Crippen LogP) is 2.35. The molecule has 8 heteroatoms. The second-order valence-electron chi connectivity index (χ2n) is 8.61. The van der Waals surface area contributed by atoms with Crippen LogP contribution in [0.3, 0.4) is 0 Å². The average Bonchev–Trinajstić information content (AvgIpc) is 3.31. The van der Waals surface area contributed by atoms with E-state index in [0.29, 0.717) is 17.8 Å². The molecule has 6 rings (SSSR count). The van der Waals surface area contributed by atoms with Crippen LogP contribution in [0, 0.1) is 0 Å². The van der Waals surface area contributed by atoms with Crippen molar-refractivity contribution >= 4 is 22.4 Å². The number of para-hydroxylation sites is 2. The number of fused-ring (bicyclic) bond motifs is 2. The maximum atomic E-state index is 6.29. The number of nitrogen functional groups attached to an aromatic ring is 1. The molecule has 1 aromatic carbocycles. The number of nitrogens with zero attached hydrogens (tertiary/aromatic N) is 6. The molecule has 1 saturated carbocycles. The van der Waals surface area contributed by atoms with E-state index in [4.69, 9.17) is 15.7 Å². The zero-order chi connectivity index (χ0) is 20.2. The van der Waals surface area contributed by atoms with Crippen LogP contribution < -0.4 is 5.73 Å². The first-order valence-corrected chi connectivity index (χ1v) is 10.7. The molecule has 1 saturated heterocycles. The van der Waals surface area contributed by atoms with E-state index < -0.39 is 0 Å². The van der Waals surface area contributed by atoms with Crippen LogP contribution in [0.2, 0.25) is 0 Å². The molecular formula is C22H26N8. The van der Waals surface area contributed by atoms with Crippen molar-refractivity contribution in [2.75, 3.05) is 39.0 Å². The molecule has 3 N–H and O–H groups in total. The molecule has 1 aliphatic heterocycles. The first kappa shape index (κ1) is 17.9. The van der Waals surface area contributed by atoms with E-state index >= 15 is 0 Å². The van der Waals surface area contributed by atoms with Crippen molar-refractivity contribution in [1.29, 1.82) is 0 Å². The topological polar surface area (TPSA) is 91.4 Å². The van der Waals surface area contributed by atoms with Gasteiger partial charge in [-0.3, -0.25) is 9.30 Å². The molecule has 4 aromatic rings. The van der Waals surface area contributed by atoms with Gasteiger partial charge in [-0.2, -0.15) is 0 Å². The standard InChI is InChI=1S/C22H26N8/c1-28-8-10-29(11-9-28)15-12-14(13-15)22-27-18(19-20(23)24-6-7-30(19)22)21-25-16-4-2-3-5-17(16)26-21/h2-7,14-15H,8-13H2,1H3,(H2,23,24)(H,25,26). The number of aromatic amines is 1.